The topological polar surface area (TPSA) is 30.9 Å². The van der Waals surface area contributed by atoms with Gasteiger partial charge in [-0.2, -0.15) is 0 Å². The second kappa shape index (κ2) is 10.9. The van der Waals surface area contributed by atoms with Gasteiger partial charge in [0.2, 0.25) is 0 Å². The predicted molar refractivity (Wildman–Crippen MR) is 114 cm³/mol. The average Bonchev–Trinajstić information content (AvgIpc) is 2.55. The Bertz CT molecular complexity index is 489. The van der Waals surface area contributed by atoms with Crippen LogP contribution in [-0.2, 0) is 0 Å². The molecule has 2 rings (SSSR count). The van der Waals surface area contributed by atoms with E-state index in [0.29, 0.717) is 11.8 Å². The van der Waals surface area contributed by atoms with E-state index in [1.54, 1.807) is 0 Å². The number of rotatable bonds is 5. The minimum absolute atomic E-state index is 0. The molecule has 1 fully saturated rings. The second-order valence-corrected chi connectivity index (χ2v) is 6.86. The monoisotopic (exact) mass is 444 g/mol. The number of piperidine rings is 1. The first-order valence-corrected chi connectivity index (χ1v) is 8.77. The summed E-state index contributed by atoms with van der Waals surface area (Å²) in [6, 6.07) is 10.9. The maximum absolute atomic E-state index is 4.48. The summed E-state index contributed by atoms with van der Waals surface area (Å²) in [4.78, 5) is 9.12. The summed E-state index contributed by atoms with van der Waals surface area (Å²) in [6.07, 6.45) is 2.34. The van der Waals surface area contributed by atoms with Crippen molar-refractivity contribution >= 4 is 29.9 Å². The molecule has 0 spiro atoms. The molecule has 2 atom stereocenters. The lowest BCUT2D eigenvalue weighted by Gasteiger charge is -2.39. The second-order valence-electron chi connectivity index (χ2n) is 6.86. The predicted octanol–water partition coefficient (Wildman–Crippen LogP) is 3.26. The quantitative estimate of drug-likeness (QED) is 0.328. The minimum Gasteiger partial charge on any atom is -0.356 e. The zero-order valence-electron chi connectivity index (χ0n) is 15.5. The van der Waals surface area contributed by atoms with E-state index in [1.807, 2.05) is 7.05 Å². The standard InChI is InChI=1S/C19H32N4.HI/c1-16-15-23(19(20-2)21-12-8-13-22(3)4)14-11-18(16)17-9-6-5-7-10-17;/h5-7,9-10,16,18H,8,11-15H2,1-4H3,(H,20,21);1H. The third kappa shape index (κ3) is 6.24. The molecule has 136 valence electrons. The molecule has 1 heterocycles. The Balaban J connectivity index is 0.00000288. The zero-order chi connectivity index (χ0) is 16.7. The molecule has 1 saturated heterocycles. The van der Waals surface area contributed by atoms with Crippen molar-refractivity contribution < 1.29 is 0 Å². The molecular weight excluding hydrogens is 411 g/mol. The zero-order valence-corrected chi connectivity index (χ0v) is 17.9. The lowest BCUT2D eigenvalue weighted by Crippen LogP contribution is -2.48. The Labute approximate surface area is 164 Å². The summed E-state index contributed by atoms with van der Waals surface area (Å²) in [7, 11) is 6.12. The maximum Gasteiger partial charge on any atom is 0.193 e. The summed E-state index contributed by atoms with van der Waals surface area (Å²) < 4.78 is 0. The van der Waals surface area contributed by atoms with Gasteiger partial charge < -0.3 is 15.1 Å². The highest BCUT2D eigenvalue weighted by Crippen LogP contribution is 2.32. The van der Waals surface area contributed by atoms with Crippen LogP contribution in [0.5, 0.6) is 0 Å². The van der Waals surface area contributed by atoms with Gasteiger partial charge >= 0.3 is 0 Å². The number of aliphatic imine (C=N–C) groups is 1. The van der Waals surface area contributed by atoms with Crippen molar-refractivity contribution in [1.29, 1.82) is 0 Å². The highest BCUT2D eigenvalue weighted by molar-refractivity contribution is 14.0. The fourth-order valence-electron chi connectivity index (χ4n) is 3.46. The molecule has 1 aliphatic rings. The summed E-state index contributed by atoms with van der Waals surface area (Å²) in [5.41, 5.74) is 1.48. The molecule has 0 amide bonds. The van der Waals surface area contributed by atoms with Crippen molar-refractivity contribution in [2.75, 3.05) is 47.3 Å². The van der Waals surface area contributed by atoms with Crippen LogP contribution < -0.4 is 5.32 Å². The van der Waals surface area contributed by atoms with Crippen molar-refractivity contribution in [2.24, 2.45) is 10.9 Å². The van der Waals surface area contributed by atoms with Crippen LogP contribution in [0.25, 0.3) is 0 Å². The van der Waals surface area contributed by atoms with Gasteiger partial charge in [-0.25, -0.2) is 0 Å². The lowest BCUT2D eigenvalue weighted by atomic mass is 9.82. The number of hydrogen-bond acceptors (Lipinski definition) is 2. The number of halogens is 1. The minimum atomic E-state index is 0. The van der Waals surface area contributed by atoms with E-state index in [4.69, 9.17) is 0 Å². The SMILES string of the molecule is CN=C(NCCCN(C)C)N1CCC(c2ccccc2)C(C)C1.I. The third-order valence-corrected chi connectivity index (χ3v) is 4.71. The van der Waals surface area contributed by atoms with Crippen LogP contribution in [0, 0.1) is 5.92 Å². The molecule has 5 heteroatoms. The Morgan fingerprint density at radius 3 is 2.58 bits per heavy atom. The molecule has 0 radical (unpaired) electrons. The molecule has 0 aliphatic carbocycles. The van der Waals surface area contributed by atoms with E-state index in [0.717, 1.165) is 38.6 Å². The Hall–Kier alpha value is -0.820. The van der Waals surface area contributed by atoms with Gasteiger partial charge in [0, 0.05) is 26.7 Å². The number of likely N-dealkylation sites (tertiary alicyclic amines) is 1. The van der Waals surface area contributed by atoms with Gasteiger partial charge in [0.15, 0.2) is 5.96 Å². The van der Waals surface area contributed by atoms with Crippen molar-refractivity contribution in [3.05, 3.63) is 35.9 Å². The Kier molecular flexibility index (Phi) is 9.66. The summed E-state index contributed by atoms with van der Waals surface area (Å²) in [5, 5.41) is 3.52. The van der Waals surface area contributed by atoms with Crippen LogP contribution in [0.2, 0.25) is 0 Å². The van der Waals surface area contributed by atoms with Crippen molar-refractivity contribution in [3.63, 3.8) is 0 Å². The van der Waals surface area contributed by atoms with Gasteiger partial charge in [-0.05, 0) is 50.9 Å². The third-order valence-electron chi connectivity index (χ3n) is 4.71. The largest absolute Gasteiger partial charge is 0.356 e. The van der Waals surface area contributed by atoms with Crippen LogP contribution in [0.15, 0.2) is 35.3 Å². The molecule has 1 aromatic rings. The maximum atomic E-state index is 4.48. The van der Waals surface area contributed by atoms with E-state index in [9.17, 15) is 0 Å². The summed E-state index contributed by atoms with van der Waals surface area (Å²) in [5.74, 6) is 2.37. The molecule has 4 nitrogen and oxygen atoms in total. The van der Waals surface area contributed by atoms with Crippen LogP contribution in [0.3, 0.4) is 0 Å². The first-order valence-electron chi connectivity index (χ1n) is 8.77. The molecule has 2 unspecified atom stereocenters. The van der Waals surface area contributed by atoms with Crippen LogP contribution in [-0.4, -0.2) is 63.1 Å². The molecule has 0 bridgehead atoms. The Morgan fingerprint density at radius 1 is 1.29 bits per heavy atom. The van der Waals surface area contributed by atoms with Gasteiger partial charge in [-0.15, -0.1) is 24.0 Å². The van der Waals surface area contributed by atoms with E-state index in [-0.39, 0.29) is 24.0 Å². The van der Waals surface area contributed by atoms with Gasteiger partial charge in [-0.3, -0.25) is 4.99 Å². The van der Waals surface area contributed by atoms with Crippen molar-refractivity contribution in [1.82, 2.24) is 15.1 Å². The van der Waals surface area contributed by atoms with E-state index < -0.39 is 0 Å². The number of guanidine groups is 1. The smallest absolute Gasteiger partial charge is 0.193 e. The van der Waals surface area contributed by atoms with Gasteiger partial charge in [0.25, 0.3) is 0 Å². The number of nitrogens with one attached hydrogen (secondary N) is 1. The van der Waals surface area contributed by atoms with E-state index in [2.05, 4.69) is 71.5 Å². The van der Waals surface area contributed by atoms with Crippen molar-refractivity contribution in [3.8, 4) is 0 Å². The highest BCUT2D eigenvalue weighted by atomic mass is 127. The van der Waals surface area contributed by atoms with E-state index >= 15 is 0 Å². The average molecular weight is 444 g/mol. The first kappa shape index (κ1) is 21.2. The fourth-order valence-corrected chi connectivity index (χ4v) is 3.46. The molecule has 1 aromatic carbocycles. The van der Waals surface area contributed by atoms with E-state index in [1.165, 1.54) is 12.0 Å². The van der Waals surface area contributed by atoms with Crippen LogP contribution in [0.4, 0.5) is 0 Å². The molecule has 24 heavy (non-hydrogen) atoms. The van der Waals surface area contributed by atoms with Crippen LogP contribution in [0.1, 0.15) is 31.2 Å². The number of hydrogen-bond donors (Lipinski definition) is 1. The number of benzene rings is 1. The molecule has 0 saturated carbocycles. The van der Waals surface area contributed by atoms with Gasteiger partial charge in [0.05, 0.1) is 0 Å². The fraction of sp³-hybridized carbons (Fsp3) is 0.632. The normalized spacial score (nSPS) is 21.5. The Morgan fingerprint density at radius 2 is 2.00 bits per heavy atom. The van der Waals surface area contributed by atoms with Crippen molar-refractivity contribution in [2.45, 2.75) is 25.7 Å². The molecule has 1 aliphatic heterocycles. The molecular formula is C19H33IN4. The first-order chi connectivity index (χ1) is 11.1. The molecule has 1 N–H and O–H groups in total. The number of nitrogens with zero attached hydrogens (tertiary/aromatic N) is 3. The lowest BCUT2D eigenvalue weighted by molar-refractivity contribution is 0.234. The van der Waals surface area contributed by atoms with Gasteiger partial charge in [0.1, 0.15) is 0 Å². The highest BCUT2D eigenvalue weighted by Gasteiger charge is 2.28. The summed E-state index contributed by atoms with van der Waals surface area (Å²) >= 11 is 0. The molecule has 0 aromatic heterocycles. The summed E-state index contributed by atoms with van der Waals surface area (Å²) in [6.45, 7) is 6.61. The van der Waals surface area contributed by atoms with Crippen LogP contribution >= 0.6 is 24.0 Å². The van der Waals surface area contributed by atoms with Gasteiger partial charge in [-0.1, -0.05) is 37.3 Å².